The number of hydrogen-bond acceptors (Lipinski definition) is 5. The second-order valence-electron chi connectivity index (χ2n) is 5.85. The Kier molecular flexibility index (Phi) is 7.77. The molecule has 0 aromatic heterocycles. The van der Waals surface area contributed by atoms with Crippen molar-refractivity contribution in [3.63, 3.8) is 0 Å². The van der Waals surface area contributed by atoms with Crippen LogP contribution < -0.4 is 9.47 Å². The standard InChI is InChI=1S/C18H24ClNO5/c1-11(2)24-17-14(19)9-13(10-15(17)23-6)7-8-16(21)25-12(3)18(22)20(4)5/h7-12H,1-6H3/b8-7+/t12-/m0/s1. The lowest BCUT2D eigenvalue weighted by Crippen LogP contribution is -2.34. The van der Waals surface area contributed by atoms with Gasteiger partial charge in [0.15, 0.2) is 17.6 Å². The van der Waals surface area contributed by atoms with E-state index in [0.29, 0.717) is 22.1 Å². The third-order valence-electron chi connectivity index (χ3n) is 3.10. The maximum atomic E-state index is 11.8. The summed E-state index contributed by atoms with van der Waals surface area (Å²) in [5.41, 5.74) is 0.640. The molecule has 1 rings (SSSR count). The van der Waals surface area contributed by atoms with Crippen LogP contribution in [0.15, 0.2) is 18.2 Å². The van der Waals surface area contributed by atoms with Gasteiger partial charge in [-0.05, 0) is 44.5 Å². The zero-order valence-electron chi connectivity index (χ0n) is 15.3. The van der Waals surface area contributed by atoms with E-state index in [2.05, 4.69) is 0 Å². The van der Waals surface area contributed by atoms with Crippen LogP contribution in [0.4, 0.5) is 0 Å². The average molecular weight is 370 g/mol. The molecule has 7 heteroatoms. The van der Waals surface area contributed by atoms with Crippen LogP contribution >= 0.6 is 11.6 Å². The molecule has 1 aromatic rings. The van der Waals surface area contributed by atoms with Crippen molar-refractivity contribution in [3.8, 4) is 11.5 Å². The molecule has 25 heavy (non-hydrogen) atoms. The topological polar surface area (TPSA) is 65.1 Å². The number of amides is 1. The predicted octanol–water partition coefficient (Wildman–Crippen LogP) is 3.17. The molecule has 0 radical (unpaired) electrons. The van der Waals surface area contributed by atoms with Crippen molar-refractivity contribution >= 4 is 29.6 Å². The van der Waals surface area contributed by atoms with Crippen molar-refractivity contribution in [1.29, 1.82) is 0 Å². The van der Waals surface area contributed by atoms with E-state index in [0.717, 1.165) is 0 Å². The summed E-state index contributed by atoms with van der Waals surface area (Å²) in [6.07, 6.45) is 1.85. The first-order valence-corrected chi connectivity index (χ1v) is 8.17. The Morgan fingerprint density at radius 3 is 2.36 bits per heavy atom. The summed E-state index contributed by atoms with van der Waals surface area (Å²) < 4.78 is 16.0. The normalized spacial score (nSPS) is 12.2. The predicted molar refractivity (Wildman–Crippen MR) is 97.1 cm³/mol. The zero-order valence-corrected chi connectivity index (χ0v) is 16.1. The van der Waals surface area contributed by atoms with Crippen molar-refractivity contribution in [2.45, 2.75) is 33.0 Å². The van der Waals surface area contributed by atoms with E-state index in [4.69, 9.17) is 25.8 Å². The number of methoxy groups -OCH3 is 1. The van der Waals surface area contributed by atoms with Crippen molar-refractivity contribution in [3.05, 3.63) is 28.8 Å². The molecule has 0 unspecified atom stereocenters. The van der Waals surface area contributed by atoms with Gasteiger partial charge < -0.3 is 19.1 Å². The molecule has 0 fully saturated rings. The Hall–Kier alpha value is -2.21. The first-order valence-electron chi connectivity index (χ1n) is 7.79. The molecular weight excluding hydrogens is 346 g/mol. The van der Waals surface area contributed by atoms with E-state index in [1.807, 2.05) is 13.8 Å². The minimum absolute atomic E-state index is 0.0570. The molecule has 1 amide bonds. The molecule has 0 aliphatic heterocycles. The number of carbonyl (C=O) groups excluding carboxylic acids is 2. The fraction of sp³-hybridized carbons (Fsp3) is 0.444. The van der Waals surface area contributed by atoms with Gasteiger partial charge in [-0.15, -0.1) is 0 Å². The van der Waals surface area contributed by atoms with Gasteiger partial charge >= 0.3 is 5.97 Å². The average Bonchev–Trinajstić information content (AvgIpc) is 2.53. The van der Waals surface area contributed by atoms with Crippen molar-refractivity contribution < 1.29 is 23.8 Å². The van der Waals surface area contributed by atoms with Gasteiger partial charge in [-0.2, -0.15) is 0 Å². The SMILES string of the molecule is COc1cc(/C=C/C(=O)O[C@@H](C)C(=O)N(C)C)cc(Cl)c1OC(C)C. The quantitative estimate of drug-likeness (QED) is 0.545. The highest BCUT2D eigenvalue weighted by molar-refractivity contribution is 6.32. The number of likely N-dealkylation sites (N-methyl/N-ethyl adjacent to an activating group) is 1. The largest absolute Gasteiger partial charge is 0.493 e. The van der Waals surface area contributed by atoms with Gasteiger partial charge in [0.2, 0.25) is 0 Å². The lowest BCUT2D eigenvalue weighted by atomic mass is 10.2. The smallest absolute Gasteiger partial charge is 0.331 e. The van der Waals surface area contributed by atoms with Gasteiger partial charge in [0.05, 0.1) is 18.2 Å². The van der Waals surface area contributed by atoms with Crippen molar-refractivity contribution in [2.24, 2.45) is 0 Å². The number of ether oxygens (including phenoxy) is 3. The highest BCUT2D eigenvalue weighted by atomic mass is 35.5. The molecule has 0 saturated heterocycles. The van der Waals surface area contributed by atoms with E-state index < -0.39 is 12.1 Å². The van der Waals surface area contributed by atoms with E-state index in [1.165, 1.54) is 31.1 Å². The summed E-state index contributed by atoms with van der Waals surface area (Å²) in [5, 5.41) is 0.372. The third kappa shape index (κ3) is 6.31. The minimum atomic E-state index is -0.855. The number of carbonyl (C=O) groups is 2. The monoisotopic (exact) mass is 369 g/mol. The highest BCUT2D eigenvalue weighted by Crippen LogP contribution is 2.37. The van der Waals surface area contributed by atoms with Crippen molar-refractivity contribution in [1.82, 2.24) is 4.90 Å². The summed E-state index contributed by atoms with van der Waals surface area (Å²) in [6, 6.07) is 3.35. The lowest BCUT2D eigenvalue weighted by molar-refractivity contribution is -0.153. The maximum absolute atomic E-state index is 11.8. The molecule has 1 atom stereocenters. The van der Waals surface area contributed by atoms with Crippen LogP contribution in [0.1, 0.15) is 26.3 Å². The van der Waals surface area contributed by atoms with Gasteiger partial charge in [-0.3, -0.25) is 4.79 Å². The molecular formula is C18H24ClNO5. The number of halogens is 1. The Labute approximate surface area is 153 Å². The molecule has 0 N–H and O–H groups in total. The Morgan fingerprint density at radius 1 is 1.20 bits per heavy atom. The fourth-order valence-corrected chi connectivity index (χ4v) is 2.24. The summed E-state index contributed by atoms with van der Waals surface area (Å²) in [4.78, 5) is 24.9. The van der Waals surface area contributed by atoms with Crippen molar-refractivity contribution in [2.75, 3.05) is 21.2 Å². The number of benzene rings is 1. The third-order valence-corrected chi connectivity index (χ3v) is 3.38. The molecule has 0 heterocycles. The summed E-state index contributed by atoms with van der Waals surface area (Å²) in [5.74, 6) is -0.00332. The van der Waals surface area contributed by atoms with Crippen LogP contribution in [0.3, 0.4) is 0 Å². The lowest BCUT2D eigenvalue weighted by Gasteiger charge is -2.16. The summed E-state index contributed by atoms with van der Waals surface area (Å²) in [7, 11) is 4.70. The van der Waals surface area contributed by atoms with Crippen LogP contribution in [0.25, 0.3) is 6.08 Å². The Morgan fingerprint density at radius 2 is 1.84 bits per heavy atom. The number of rotatable bonds is 7. The van der Waals surface area contributed by atoms with Crippen LogP contribution in [0, 0.1) is 0 Å². The van der Waals surface area contributed by atoms with Gasteiger partial charge in [-0.25, -0.2) is 4.79 Å². The van der Waals surface area contributed by atoms with E-state index in [1.54, 1.807) is 26.2 Å². The Bertz CT molecular complexity index is 655. The molecule has 0 saturated carbocycles. The van der Waals surface area contributed by atoms with Gasteiger partial charge in [0.25, 0.3) is 5.91 Å². The van der Waals surface area contributed by atoms with Gasteiger partial charge in [0.1, 0.15) is 0 Å². The van der Waals surface area contributed by atoms with E-state index >= 15 is 0 Å². The zero-order chi connectivity index (χ0) is 19.1. The first kappa shape index (κ1) is 20.8. The number of nitrogens with zero attached hydrogens (tertiary/aromatic N) is 1. The molecule has 0 bridgehead atoms. The highest BCUT2D eigenvalue weighted by Gasteiger charge is 2.18. The molecule has 0 spiro atoms. The first-order chi connectivity index (χ1) is 11.6. The molecule has 138 valence electrons. The second kappa shape index (κ2) is 9.32. The molecule has 0 aliphatic carbocycles. The molecule has 0 aliphatic rings. The van der Waals surface area contributed by atoms with Crippen LogP contribution in [0.5, 0.6) is 11.5 Å². The van der Waals surface area contributed by atoms with Gasteiger partial charge in [-0.1, -0.05) is 11.6 Å². The summed E-state index contributed by atoms with van der Waals surface area (Å²) in [6.45, 7) is 5.29. The minimum Gasteiger partial charge on any atom is -0.493 e. The van der Waals surface area contributed by atoms with Gasteiger partial charge in [0, 0.05) is 20.2 Å². The van der Waals surface area contributed by atoms with Crippen LogP contribution in [-0.4, -0.2) is 50.2 Å². The van der Waals surface area contributed by atoms with Crippen LogP contribution in [0.2, 0.25) is 5.02 Å². The maximum Gasteiger partial charge on any atom is 0.331 e. The van der Waals surface area contributed by atoms with E-state index in [9.17, 15) is 9.59 Å². The number of hydrogen-bond donors (Lipinski definition) is 0. The van der Waals surface area contributed by atoms with E-state index in [-0.39, 0.29) is 12.0 Å². The number of esters is 1. The molecule has 1 aromatic carbocycles. The fourth-order valence-electron chi connectivity index (χ4n) is 1.98. The second-order valence-corrected chi connectivity index (χ2v) is 6.25. The van der Waals surface area contributed by atoms with Crippen LogP contribution in [-0.2, 0) is 14.3 Å². The summed E-state index contributed by atoms with van der Waals surface area (Å²) >= 11 is 6.23. The molecule has 6 nitrogen and oxygen atoms in total. The Balaban J connectivity index is 2.88.